The number of hydrogen-bond donors (Lipinski definition) is 3. The van der Waals surface area contributed by atoms with Gasteiger partial charge in [0.05, 0.1) is 23.8 Å². The van der Waals surface area contributed by atoms with Crippen LogP contribution < -0.4 is 16.4 Å². The number of benzene rings is 2. The largest absolute Gasteiger partial charge is 0.439 e. The zero-order valence-corrected chi connectivity index (χ0v) is 17.6. The second kappa shape index (κ2) is 11.5. The fraction of sp³-hybridized carbons (Fsp3) is 0.286. The average Bonchev–Trinajstić information content (AvgIpc) is 3.05. The molecule has 1 unspecified atom stereocenters. The van der Waals surface area contributed by atoms with Crippen LogP contribution in [0.3, 0.4) is 0 Å². The third-order valence-electron chi connectivity index (χ3n) is 4.51. The molecule has 170 valence electrons. The van der Waals surface area contributed by atoms with Gasteiger partial charge < -0.3 is 15.4 Å². The van der Waals surface area contributed by atoms with Gasteiger partial charge in [0, 0.05) is 31.1 Å². The van der Waals surface area contributed by atoms with Gasteiger partial charge in [0.15, 0.2) is 5.82 Å². The minimum atomic E-state index is -0.721. The van der Waals surface area contributed by atoms with E-state index in [1.54, 1.807) is 12.1 Å². The Balaban J connectivity index is 0.000000305. The van der Waals surface area contributed by atoms with Gasteiger partial charge in [0.2, 0.25) is 0 Å². The van der Waals surface area contributed by atoms with Crippen molar-refractivity contribution in [2.75, 3.05) is 32.8 Å². The normalized spacial score (nSPS) is 15.9. The molecule has 0 spiro atoms. The Labute approximate surface area is 186 Å². The first-order valence-electron chi connectivity index (χ1n) is 9.76. The first kappa shape index (κ1) is 23.6. The topological polar surface area (TPSA) is 109 Å². The number of aromatic nitrogens is 2. The lowest BCUT2D eigenvalue weighted by Gasteiger charge is -2.15. The van der Waals surface area contributed by atoms with Gasteiger partial charge in [0.25, 0.3) is 5.91 Å². The van der Waals surface area contributed by atoms with Crippen molar-refractivity contribution in [2.45, 2.75) is 0 Å². The molecule has 1 aromatic heterocycles. The lowest BCUT2D eigenvalue weighted by molar-refractivity contribution is 0.0918. The van der Waals surface area contributed by atoms with Crippen molar-refractivity contribution in [3.63, 3.8) is 0 Å². The number of rotatable bonds is 4. The maximum Gasteiger partial charge on any atom is 0.439 e. The summed E-state index contributed by atoms with van der Waals surface area (Å²) < 4.78 is 36.0. The van der Waals surface area contributed by atoms with E-state index in [9.17, 15) is 18.4 Å². The lowest BCUT2D eigenvalue weighted by Crippen LogP contribution is -2.35. The van der Waals surface area contributed by atoms with E-state index in [0.717, 1.165) is 19.2 Å². The maximum atomic E-state index is 14.0. The molecule has 0 bridgehead atoms. The predicted molar refractivity (Wildman–Crippen MR) is 113 cm³/mol. The number of H-pyrrole nitrogens is 1. The Bertz CT molecular complexity index is 1080. The van der Waals surface area contributed by atoms with Crippen LogP contribution in [-0.2, 0) is 4.74 Å². The number of aromatic amines is 1. The number of amides is 1. The van der Waals surface area contributed by atoms with Gasteiger partial charge >= 0.3 is 5.76 Å². The van der Waals surface area contributed by atoms with Crippen molar-refractivity contribution < 1.29 is 22.8 Å². The Morgan fingerprint density at radius 1 is 1.22 bits per heavy atom. The van der Waals surface area contributed by atoms with Crippen LogP contribution in [0.4, 0.5) is 8.78 Å². The molecule has 1 aliphatic heterocycles. The summed E-state index contributed by atoms with van der Waals surface area (Å²) in [6, 6.07) is 9.99. The van der Waals surface area contributed by atoms with E-state index in [1.165, 1.54) is 24.3 Å². The van der Waals surface area contributed by atoms with E-state index >= 15 is 0 Å². The molecule has 32 heavy (non-hydrogen) atoms. The SMILES string of the molecule is Fc1ccccc1Cl.O=C(NCC1CNCCOC1)c1cc(-c2noc(=O)[nH]2)ccc1F. The molecule has 1 fully saturated rings. The van der Waals surface area contributed by atoms with Gasteiger partial charge in [0.1, 0.15) is 11.6 Å². The second-order valence-electron chi connectivity index (χ2n) is 6.91. The van der Waals surface area contributed by atoms with E-state index in [2.05, 4.69) is 25.3 Å². The minimum Gasteiger partial charge on any atom is -0.380 e. The van der Waals surface area contributed by atoms with Crippen LogP contribution in [0.25, 0.3) is 11.4 Å². The molecular formula is C21H21ClF2N4O4. The van der Waals surface area contributed by atoms with Gasteiger partial charge in [-0.25, -0.2) is 13.6 Å². The smallest absolute Gasteiger partial charge is 0.380 e. The summed E-state index contributed by atoms with van der Waals surface area (Å²) in [5.74, 6) is -2.03. The quantitative estimate of drug-likeness (QED) is 0.545. The van der Waals surface area contributed by atoms with Crippen LogP contribution in [0.5, 0.6) is 0 Å². The van der Waals surface area contributed by atoms with Crippen molar-refractivity contribution >= 4 is 17.5 Å². The van der Waals surface area contributed by atoms with E-state index in [1.807, 2.05) is 0 Å². The molecule has 4 rings (SSSR count). The highest BCUT2D eigenvalue weighted by atomic mass is 35.5. The summed E-state index contributed by atoms with van der Waals surface area (Å²) in [6.45, 7) is 3.04. The predicted octanol–water partition coefficient (Wildman–Crippen LogP) is 2.61. The van der Waals surface area contributed by atoms with E-state index in [4.69, 9.17) is 16.3 Å². The molecule has 0 aliphatic carbocycles. The third-order valence-corrected chi connectivity index (χ3v) is 4.82. The fourth-order valence-electron chi connectivity index (χ4n) is 2.86. The Morgan fingerprint density at radius 2 is 2.03 bits per heavy atom. The number of carbonyl (C=O) groups is 1. The molecule has 8 nitrogen and oxygen atoms in total. The third kappa shape index (κ3) is 6.71. The van der Waals surface area contributed by atoms with E-state index < -0.39 is 17.5 Å². The maximum absolute atomic E-state index is 14.0. The Hall–Kier alpha value is -3.08. The molecule has 3 aromatic rings. The first-order chi connectivity index (χ1) is 15.4. The number of hydrogen-bond acceptors (Lipinski definition) is 6. The monoisotopic (exact) mass is 466 g/mol. The molecule has 2 heterocycles. The van der Waals surface area contributed by atoms with Gasteiger partial charge in [-0.1, -0.05) is 28.9 Å². The zero-order valence-electron chi connectivity index (χ0n) is 16.9. The van der Waals surface area contributed by atoms with Crippen molar-refractivity contribution in [3.05, 3.63) is 75.2 Å². The molecule has 11 heteroatoms. The molecule has 0 saturated carbocycles. The fourth-order valence-corrected chi connectivity index (χ4v) is 3.00. The Kier molecular flexibility index (Phi) is 8.48. The van der Waals surface area contributed by atoms with E-state index in [-0.39, 0.29) is 28.1 Å². The standard InChI is InChI=1S/C15H17FN4O4.C6H4ClF/c16-12-2-1-10(13-19-15(22)24-20-13)5-11(12)14(21)18-7-9-6-17-3-4-23-8-9;7-5-3-1-2-4-6(5)8/h1-2,5,9,17H,3-4,6-8H2,(H,18,21)(H,19,20,22);1-4H. The second-order valence-corrected chi connectivity index (χ2v) is 7.31. The van der Waals surface area contributed by atoms with Crippen LogP contribution >= 0.6 is 11.6 Å². The van der Waals surface area contributed by atoms with Crippen molar-refractivity contribution in [1.82, 2.24) is 20.8 Å². The van der Waals surface area contributed by atoms with Crippen molar-refractivity contribution in [1.29, 1.82) is 0 Å². The van der Waals surface area contributed by atoms with Gasteiger partial charge in [-0.05, 0) is 30.3 Å². The summed E-state index contributed by atoms with van der Waals surface area (Å²) in [5.41, 5.74) is 0.255. The molecule has 2 aromatic carbocycles. The van der Waals surface area contributed by atoms with Crippen molar-refractivity contribution in [2.24, 2.45) is 5.92 Å². The summed E-state index contributed by atoms with van der Waals surface area (Å²) in [4.78, 5) is 25.6. The molecule has 1 saturated heterocycles. The van der Waals surface area contributed by atoms with E-state index in [0.29, 0.717) is 25.3 Å². The molecule has 1 amide bonds. The molecule has 3 N–H and O–H groups in total. The van der Waals surface area contributed by atoms with Crippen LogP contribution in [0.15, 0.2) is 51.8 Å². The Morgan fingerprint density at radius 3 is 2.72 bits per heavy atom. The number of nitrogens with zero attached hydrogens (tertiary/aromatic N) is 1. The highest BCUT2D eigenvalue weighted by Crippen LogP contribution is 2.18. The first-order valence-corrected chi connectivity index (χ1v) is 10.1. The minimum absolute atomic E-state index is 0.120. The van der Waals surface area contributed by atoms with Crippen molar-refractivity contribution in [3.8, 4) is 11.4 Å². The molecular weight excluding hydrogens is 446 g/mol. The van der Waals surface area contributed by atoms with Gasteiger partial charge in [-0.15, -0.1) is 0 Å². The molecule has 1 atom stereocenters. The highest BCUT2D eigenvalue weighted by Gasteiger charge is 2.17. The summed E-state index contributed by atoms with van der Waals surface area (Å²) in [6.07, 6.45) is 0. The summed E-state index contributed by atoms with van der Waals surface area (Å²) in [7, 11) is 0. The van der Waals surface area contributed by atoms with Crippen LogP contribution in [0, 0.1) is 17.6 Å². The highest BCUT2D eigenvalue weighted by molar-refractivity contribution is 6.30. The zero-order chi connectivity index (χ0) is 22.9. The summed E-state index contributed by atoms with van der Waals surface area (Å²) >= 11 is 5.33. The number of nitrogens with one attached hydrogen (secondary N) is 3. The number of carbonyl (C=O) groups excluding carboxylic acids is 1. The lowest BCUT2D eigenvalue weighted by atomic mass is 10.1. The van der Waals surface area contributed by atoms with Crippen LogP contribution in [0.2, 0.25) is 5.02 Å². The number of halogens is 3. The van der Waals surface area contributed by atoms with Crippen LogP contribution in [0.1, 0.15) is 10.4 Å². The van der Waals surface area contributed by atoms with Crippen LogP contribution in [-0.4, -0.2) is 48.9 Å². The molecule has 1 aliphatic rings. The van der Waals surface area contributed by atoms with Gasteiger partial charge in [-0.3, -0.25) is 14.3 Å². The number of ether oxygens (including phenoxy) is 1. The molecule has 0 radical (unpaired) electrons. The average molecular weight is 467 g/mol. The van der Waals surface area contributed by atoms with Gasteiger partial charge in [-0.2, -0.15) is 0 Å². The summed E-state index contributed by atoms with van der Waals surface area (Å²) in [5, 5.41) is 9.61.